The van der Waals surface area contributed by atoms with Crippen LogP contribution in [0.15, 0.2) is 58.8 Å². The molecule has 1 aliphatic rings. The summed E-state index contributed by atoms with van der Waals surface area (Å²) in [5, 5.41) is 39.7. The van der Waals surface area contributed by atoms with Gasteiger partial charge in [-0.3, -0.25) is 15.0 Å². The molecule has 10 nitrogen and oxygen atoms in total. The maximum absolute atomic E-state index is 10.8. The molecule has 0 saturated carbocycles. The molecule has 0 radical (unpaired) electrons. The maximum atomic E-state index is 10.8. The van der Waals surface area contributed by atoms with Crippen LogP contribution in [-0.4, -0.2) is 64.4 Å². The minimum Gasteiger partial charge on any atom is -0.508 e. The number of hydrogen-bond donors (Lipinski definition) is 2. The second-order valence-corrected chi connectivity index (χ2v) is 8.18. The number of aromatic hydroxyl groups is 1. The molecule has 0 spiro atoms. The number of aliphatic hydroxyl groups excluding tert-OH is 1. The van der Waals surface area contributed by atoms with Gasteiger partial charge in [-0.25, -0.2) is 4.98 Å². The number of aromatic nitrogens is 1. The molecule has 0 amide bonds. The first-order valence-electron chi connectivity index (χ1n) is 10.1. The van der Waals surface area contributed by atoms with Gasteiger partial charge in [0.2, 0.25) is 0 Å². The van der Waals surface area contributed by atoms with Gasteiger partial charge in [0, 0.05) is 50.4 Å². The zero-order chi connectivity index (χ0) is 22.5. The number of thiazole rings is 1. The number of piperazine rings is 1. The summed E-state index contributed by atoms with van der Waals surface area (Å²) in [6, 6.07) is 12.6. The second-order valence-electron chi connectivity index (χ2n) is 7.22. The molecule has 1 fully saturated rings. The van der Waals surface area contributed by atoms with E-state index in [2.05, 4.69) is 20.0 Å². The van der Waals surface area contributed by atoms with E-state index >= 15 is 0 Å². The van der Waals surface area contributed by atoms with Gasteiger partial charge in [-0.1, -0.05) is 11.3 Å². The number of nitrogens with zero attached hydrogens (tertiary/aromatic N) is 6. The lowest BCUT2D eigenvalue weighted by atomic mass is 10.1. The second kappa shape index (κ2) is 9.81. The molecular formula is C21H22N6O4S. The van der Waals surface area contributed by atoms with E-state index in [1.54, 1.807) is 36.4 Å². The van der Waals surface area contributed by atoms with E-state index in [9.17, 15) is 15.2 Å². The maximum Gasteiger partial charge on any atom is 0.269 e. The van der Waals surface area contributed by atoms with Crippen LogP contribution < -0.4 is 4.90 Å². The summed E-state index contributed by atoms with van der Waals surface area (Å²) in [5.74, 6) is 0.165. The van der Waals surface area contributed by atoms with Crippen LogP contribution in [0.2, 0.25) is 0 Å². The highest BCUT2D eigenvalue weighted by Gasteiger charge is 2.22. The minimum absolute atomic E-state index is 0.00542. The Morgan fingerprint density at radius 2 is 1.72 bits per heavy atom. The van der Waals surface area contributed by atoms with Crippen molar-refractivity contribution in [3.63, 3.8) is 0 Å². The molecule has 1 saturated heterocycles. The monoisotopic (exact) mass is 454 g/mol. The highest BCUT2D eigenvalue weighted by atomic mass is 32.1. The van der Waals surface area contributed by atoms with Crippen molar-refractivity contribution < 1.29 is 15.1 Å². The third kappa shape index (κ3) is 5.07. The van der Waals surface area contributed by atoms with Crippen molar-refractivity contribution in [2.75, 3.05) is 44.2 Å². The number of nitro groups is 1. The summed E-state index contributed by atoms with van der Waals surface area (Å²) in [7, 11) is 0. The number of non-ortho nitro benzene ring substituents is 1. The van der Waals surface area contributed by atoms with E-state index in [0.717, 1.165) is 36.9 Å². The molecule has 2 heterocycles. The van der Waals surface area contributed by atoms with Crippen molar-refractivity contribution in [2.45, 2.75) is 0 Å². The Hall–Kier alpha value is -3.41. The molecular weight excluding hydrogens is 432 g/mol. The van der Waals surface area contributed by atoms with Crippen molar-refractivity contribution in [3.05, 3.63) is 58.6 Å². The van der Waals surface area contributed by atoms with Crippen LogP contribution in [0.3, 0.4) is 0 Å². The van der Waals surface area contributed by atoms with Crippen molar-refractivity contribution in [1.29, 1.82) is 0 Å². The number of phenolic OH excluding ortho intramolecular Hbond substituents is 1. The molecule has 0 unspecified atom stereocenters. The predicted octanol–water partition coefficient (Wildman–Crippen LogP) is 3.95. The average molecular weight is 455 g/mol. The average Bonchev–Trinajstić information content (AvgIpc) is 3.23. The Morgan fingerprint density at radius 1 is 1.03 bits per heavy atom. The van der Waals surface area contributed by atoms with E-state index in [0.29, 0.717) is 22.9 Å². The molecule has 11 heteroatoms. The van der Waals surface area contributed by atoms with Gasteiger partial charge in [0.25, 0.3) is 5.69 Å². The van der Waals surface area contributed by atoms with Crippen LogP contribution in [0.1, 0.15) is 0 Å². The van der Waals surface area contributed by atoms with Crippen molar-refractivity contribution in [3.8, 4) is 17.0 Å². The molecule has 32 heavy (non-hydrogen) atoms. The quantitative estimate of drug-likeness (QED) is 0.314. The molecule has 4 rings (SSSR count). The van der Waals surface area contributed by atoms with Gasteiger partial charge < -0.3 is 15.1 Å². The Labute approximate surface area is 188 Å². The normalized spacial score (nSPS) is 14.8. The van der Waals surface area contributed by atoms with E-state index in [4.69, 9.17) is 10.1 Å². The lowest BCUT2D eigenvalue weighted by Gasteiger charge is -2.34. The molecule has 0 bridgehead atoms. The number of anilines is 1. The Morgan fingerprint density at radius 3 is 2.34 bits per heavy atom. The standard InChI is InChI=1S/C21H22N6O4S/c28-14-13-25-9-11-26(12-10-25)21-22-19(15-1-7-18(29)8-2-15)20(32-21)24-23-16-3-5-17(6-4-16)27(30)31/h1-8,28-29H,9-14H2. The van der Waals surface area contributed by atoms with Crippen molar-refractivity contribution in [2.24, 2.45) is 10.2 Å². The van der Waals surface area contributed by atoms with Crippen LogP contribution in [0, 0.1) is 10.1 Å². The lowest BCUT2D eigenvalue weighted by molar-refractivity contribution is -0.384. The van der Waals surface area contributed by atoms with Crippen LogP contribution >= 0.6 is 11.3 Å². The van der Waals surface area contributed by atoms with Gasteiger partial charge >= 0.3 is 0 Å². The van der Waals surface area contributed by atoms with Gasteiger partial charge in [0.05, 0.1) is 17.2 Å². The SMILES string of the molecule is O=[N+]([O-])c1ccc(N=Nc2sc(N3CCN(CCO)CC3)nc2-c2ccc(O)cc2)cc1. The van der Waals surface area contributed by atoms with Gasteiger partial charge in [-0.2, -0.15) is 0 Å². The van der Waals surface area contributed by atoms with Crippen molar-refractivity contribution in [1.82, 2.24) is 9.88 Å². The Balaban J connectivity index is 1.61. The number of nitro benzene ring substituents is 1. The summed E-state index contributed by atoms with van der Waals surface area (Å²) in [5.41, 5.74) is 1.96. The van der Waals surface area contributed by atoms with Crippen LogP contribution in [0.5, 0.6) is 5.75 Å². The van der Waals surface area contributed by atoms with E-state index in [1.807, 2.05) is 0 Å². The largest absolute Gasteiger partial charge is 0.508 e. The van der Waals surface area contributed by atoms with Gasteiger partial charge in [0.1, 0.15) is 11.4 Å². The zero-order valence-electron chi connectivity index (χ0n) is 17.2. The first-order chi connectivity index (χ1) is 15.5. The number of β-amino-alcohol motifs (C(OH)–C–C–N with tert-alkyl or cyclic N) is 1. The summed E-state index contributed by atoms with van der Waals surface area (Å²) < 4.78 is 0. The Kier molecular flexibility index (Phi) is 6.69. The highest BCUT2D eigenvalue weighted by molar-refractivity contribution is 7.19. The highest BCUT2D eigenvalue weighted by Crippen LogP contribution is 2.41. The predicted molar refractivity (Wildman–Crippen MR) is 122 cm³/mol. The summed E-state index contributed by atoms with van der Waals surface area (Å²) >= 11 is 1.42. The smallest absolute Gasteiger partial charge is 0.269 e. The minimum atomic E-state index is -0.459. The van der Waals surface area contributed by atoms with E-state index in [1.165, 1.54) is 23.5 Å². The first kappa shape index (κ1) is 21.8. The first-order valence-corrected chi connectivity index (χ1v) is 10.9. The third-order valence-corrected chi connectivity index (χ3v) is 6.11. The lowest BCUT2D eigenvalue weighted by Crippen LogP contribution is -2.47. The van der Waals surface area contributed by atoms with Crippen LogP contribution in [0.25, 0.3) is 11.3 Å². The number of azo groups is 1. The molecule has 3 aromatic rings. The number of hydrogen-bond acceptors (Lipinski definition) is 10. The molecule has 2 aromatic carbocycles. The fraction of sp³-hybridized carbons (Fsp3) is 0.286. The van der Waals surface area contributed by atoms with E-state index in [-0.39, 0.29) is 18.0 Å². The fourth-order valence-electron chi connectivity index (χ4n) is 3.36. The van der Waals surface area contributed by atoms with E-state index < -0.39 is 4.92 Å². The van der Waals surface area contributed by atoms with Crippen LogP contribution in [0.4, 0.5) is 21.5 Å². The molecule has 2 N–H and O–H groups in total. The molecule has 1 aliphatic heterocycles. The number of benzene rings is 2. The summed E-state index contributed by atoms with van der Waals surface area (Å²) in [6.45, 7) is 4.08. The molecule has 1 aromatic heterocycles. The summed E-state index contributed by atoms with van der Waals surface area (Å²) in [6.07, 6.45) is 0. The van der Waals surface area contributed by atoms with Gasteiger partial charge in [0.15, 0.2) is 10.1 Å². The fourth-order valence-corrected chi connectivity index (χ4v) is 4.32. The molecule has 0 atom stereocenters. The van der Waals surface area contributed by atoms with Crippen LogP contribution in [-0.2, 0) is 0 Å². The number of phenols is 1. The van der Waals surface area contributed by atoms with Gasteiger partial charge in [-0.05, 0) is 36.4 Å². The zero-order valence-corrected chi connectivity index (χ0v) is 18.0. The number of rotatable bonds is 7. The third-order valence-electron chi connectivity index (χ3n) is 5.11. The van der Waals surface area contributed by atoms with Crippen molar-refractivity contribution >= 4 is 32.8 Å². The molecule has 0 aliphatic carbocycles. The Bertz CT molecular complexity index is 1090. The number of aliphatic hydroxyl groups is 1. The molecule has 166 valence electrons. The topological polar surface area (TPSA) is 128 Å². The summed E-state index contributed by atoms with van der Waals surface area (Å²) in [4.78, 5) is 19.6. The van der Waals surface area contributed by atoms with Gasteiger partial charge in [-0.15, -0.1) is 10.2 Å².